The fourth-order valence-electron chi connectivity index (χ4n) is 2.57. The van der Waals surface area contributed by atoms with E-state index in [-0.39, 0.29) is 0 Å². The summed E-state index contributed by atoms with van der Waals surface area (Å²) in [5, 5.41) is 0. The molecule has 13 heavy (non-hydrogen) atoms. The fourth-order valence-corrected chi connectivity index (χ4v) is 2.57. The molecule has 0 spiro atoms. The van der Waals surface area contributed by atoms with E-state index in [0.717, 1.165) is 6.04 Å². The van der Waals surface area contributed by atoms with Gasteiger partial charge in [0, 0.05) is 12.8 Å². The molecule has 1 saturated heterocycles. The summed E-state index contributed by atoms with van der Waals surface area (Å²) in [6, 6.07) is 0.969. The molecule has 1 atom stereocenters. The highest BCUT2D eigenvalue weighted by molar-refractivity contribution is 4.65. The maximum Gasteiger partial charge on any atom is 0.0888 e. The predicted octanol–water partition coefficient (Wildman–Crippen LogP) is 3.20. The van der Waals surface area contributed by atoms with E-state index in [9.17, 15) is 0 Å². The van der Waals surface area contributed by atoms with Gasteiger partial charge in [-0.1, -0.05) is 26.2 Å². The molecule has 0 aliphatic carbocycles. The van der Waals surface area contributed by atoms with Crippen LogP contribution >= 0.6 is 0 Å². The zero-order valence-corrected chi connectivity index (χ0v) is 9.68. The number of hydrogen-bond donors (Lipinski definition) is 0. The topological polar surface area (TPSA) is 0 Å². The van der Waals surface area contributed by atoms with Gasteiger partial charge in [-0.05, 0) is 12.8 Å². The lowest BCUT2D eigenvalue weighted by atomic mass is 10.0. The zero-order valence-electron chi connectivity index (χ0n) is 9.68. The van der Waals surface area contributed by atoms with Gasteiger partial charge < -0.3 is 4.48 Å². The van der Waals surface area contributed by atoms with E-state index in [1.54, 1.807) is 0 Å². The third-order valence-electron chi connectivity index (χ3n) is 3.65. The first-order valence-electron chi connectivity index (χ1n) is 5.99. The molecule has 0 bridgehead atoms. The molecule has 1 aliphatic heterocycles. The van der Waals surface area contributed by atoms with Crippen LogP contribution in [0.4, 0.5) is 0 Å². The Morgan fingerprint density at radius 3 is 2.46 bits per heavy atom. The van der Waals surface area contributed by atoms with Crippen molar-refractivity contribution in [2.75, 3.05) is 20.6 Å². The summed E-state index contributed by atoms with van der Waals surface area (Å²) < 4.78 is 1.28. The third-order valence-corrected chi connectivity index (χ3v) is 3.65. The van der Waals surface area contributed by atoms with Crippen LogP contribution in [0.15, 0.2) is 0 Å². The predicted molar refractivity (Wildman–Crippen MR) is 58.8 cm³/mol. The minimum atomic E-state index is 0.969. The van der Waals surface area contributed by atoms with Crippen LogP contribution in [0.3, 0.4) is 0 Å². The highest BCUT2D eigenvalue weighted by Gasteiger charge is 2.32. The summed E-state index contributed by atoms with van der Waals surface area (Å²) in [6.07, 6.45) is 10.1. The van der Waals surface area contributed by atoms with Gasteiger partial charge in [-0.3, -0.25) is 0 Å². The second-order valence-corrected chi connectivity index (χ2v) is 5.15. The Labute approximate surface area is 83.7 Å². The molecule has 0 aromatic heterocycles. The number of likely N-dealkylation sites (tertiary alicyclic amines) is 1. The molecular formula is C12H26N+. The highest BCUT2D eigenvalue weighted by Crippen LogP contribution is 2.26. The first kappa shape index (κ1) is 11.0. The van der Waals surface area contributed by atoms with Gasteiger partial charge in [-0.25, -0.2) is 0 Å². The Morgan fingerprint density at radius 1 is 1.15 bits per heavy atom. The lowest BCUT2D eigenvalue weighted by Crippen LogP contribution is -2.43. The molecule has 0 aromatic carbocycles. The molecular weight excluding hydrogens is 158 g/mol. The van der Waals surface area contributed by atoms with Crippen molar-refractivity contribution in [1.82, 2.24) is 0 Å². The third kappa shape index (κ3) is 3.30. The van der Waals surface area contributed by atoms with Gasteiger partial charge in [0.05, 0.1) is 26.7 Å². The SMILES string of the molecule is CCCCCCC1CCC[N+]1(C)C. The molecule has 0 aromatic rings. The summed E-state index contributed by atoms with van der Waals surface area (Å²) in [5.74, 6) is 0. The van der Waals surface area contributed by atoms with E-state index in [4.69, 9.17) is 0 Å². The van der Waals surface area contributed by atoms with E-state index in [1.165, 1.54) is 56.0 Å². The Morgan fingerprint density at radius 2 is 1.92 bits per heavy atom. The van der Waals surface area contributed by atoms with Crippen molar-refractivity contribution >= 4 is 0 Å². The molecule has 1 heteroatoms. The van der Waals surface area contributed by atoms with Crippen LogP contribution < -0.4 is 0 Å². The molecule has 0 N–H and O–H groups in total. The standard InChI is InChI=1S/C12H26N/c1-4-5-6-7-9-12-10-8-11-13(12,2)3/h12H,4-11H2,1-3H3/q+1. The van der Waals surface area contributed by atoms with E-state index < -0.39 is 0 Å². The van der Waals surface area contributed by atoms with Crippen LogP contribution in [0.5, 0.6) is 0 Å². The first-order valence-corrected chi connectivity index (χ1v) is 5.99. The maximum absolute atomic E-state index is 2.40. The molecule has 0 amide bonds. The molecule has 1 rings (SSSR count). The number of nitrogens with zero attached hydrogens (tertiary/aromatic N) is 1. The van der Waals surface area contributed by atoms with Crippen molar-refractivity contribution in [2.24, 2.45) is 0 Å². The number of quaternary nitrogens is 1. The van der Waals surface area contributed by atoms with Gasteiger partial charge in [0.15, 0.2) is 0 Å². The quantitative estimate of drug-likeness (QED) is 0.455. The first-order chi connectivity index (χ1) is 6.17. The number of hydrogen-bond acceptors (Lipinski definition) is 0. The molecule has 0 radical (unpaired) electrons. The van der Waals surface area contributed by atoms with Crippen LogP contribution in [0.25, 0.3) is 0 Å². The maximum atomic E-state index is 2.40. The molecule has 78 valence electrons. The normalized spacial score (nSPS) is 26.5. The lowest BCUT2D eigenvalue weighted by molar-refractivity contribution is -0.902. The van der Waals surface area contributed by atoms with Crippen molar-refractivity contribution in [3.8, 4) is 0 Å². The van der Waals surface area contributed by atoms with Crippen molar-refractivity contribution in [3.05, 3.63) is 0 Å². The van der Waals surface area contributed by atoms with E-state index in [0.29, 0.717) is 0 Å². The average Bonchev–Trinajstić information content (AvgIpc) is 2.40. The summed E-state index contributed by atoms with van der Waals surface area (Å²) in [5.41, 5.74) is 0. The fraction of sp³-hybridized carbons (Fsp3) is 1.00. The Kier molecular flexibility index (Phi) is 4.24. The number of rotatable bonds is 5. The van der Waals surface area contributed by atoms with Gasteiger partial charge in [0.25, 0.3) is 0 Å². The van der Waals surface area contributed by atoms with Crippen LogP contribution in [0.1, 0.15) is 51.9 Å². The zero-order chi connectivity index (χ0) is 9.73. The van der Waals surface area contributed by atoms with Gasteiger partial charge in [-0.2, -0.15) is 0 Å². The minimum absolute atomic E-state index is 0.969. The molecule has 1 nitrogen and oxygen atoms in total. The van der Waals surface area contributed by atoms with E-state index in [2.05, 4.69) is 21.0 Å². The van der Waals surface area contributed by atoms with Crippen LogP contribution in [-0.2, 0) is 0 Å². The molecule has 1 unspecified atom stereocenters. The Hall–Kier alpha value is -0.0400. The molecule has 1 heterocycles. The summed E-state index contributed by atoms with van der Waals surface area (Å²) in [7, 11) is 4.80. The van der Waals surface area contributed by atoms with E-state index >= 15 is 0 Å². The highest BCUT2D eigenvalue weighted by atomic mass is 15.3. The van der Waals surface area contributed by atoms with E-state index in [1.807, 2.05) is 0 Å². The van der Waals surface area contributed by atoms with Crippen molar-refractivity contribution in [2.45, 2.75) is 57.9 Å². The van der Waals surface area contributed by atoms with Crippen LogP contribution in [0, 0.1) is 0 Å². The smallest absolute Gasteiger partial charge is 0.0888 e. The van der Waals surface area contributed by atoms with Crippen molar-refractivity contribution in [1.29, 1.82) is 0 Å². The van der Waals surface area contributed by atoms with Gasteiger partial charge >= 0.3 is 0 Å². The number of unbranched alkanes of at least 4 members (excludes halogenated alkanes) is 3. The lowest BCUT2D eigenvalue weighted by Gasteiger charge is -2.31. The monoisotopic (exact) mass is 184 g/mol. The second-order valence-electron chi connectivity index (χ2n) is 5.15. The molecule has 0 saturated carbocycles. The van der Waals surface area contributed by atoms with Crippen molar-refractivity contribution in [3.63, 3.8) is 0 Å². The summed E-state index contributed by atoms with van der Waals surface area (Å²) in [4.78, 5) is 0. The second kappa shape index (κ2) is 4.99. The van der Waals surface area contributed by atoms with Gasteiger partial charge in [-0.15, -0.1) is 0 Å². The van der Waals surface area contributed by atoms with Crippen LogP contribution in [-0.4, -0.2) is 31.2 Å². The minimum Gasteiger partial charge on any atom is -0.326 e. The Balaban J connectivity index is 2.14. The molecule has 1 aliphatic rings. The summed E-state index contributed by atoms with van der Waals surface area (Å²) >= 11 is 0. The Bertz CT molecular complexity index is 140. The average molecular weight is 184 g/mol. The summed E-state index contributed by atoms with van der Waals surface area (Å²) in [6.45, 7) is 3.69. The van der Waals surface area contributed by atoms with Crippen LogP contribution in [0.2, 0.25) is 0 Å². The van der Waals surface area contributed by atoms with Crippen molar-refractivity contribution < 1.29 is 4.48 Å². The van der Waals surface area contributed by atoms with Gasteiger partial charge in [0.2, 0.25) is 0 Å². The molecule has 1 fully saturated rings. The van der Waals surface area contributed by atoms with Gasteiger partial charge in [0.1, 0.15) is 0 Å². The largest absolute Gasteiger partial charge is 0.326 e.